The van der Waals surface area contributed by atoms with E-state index in [1.807, 2.05) is 48.0 Å². The van der Waals surface area contributed by atoms with E-state index in [0.29, 0.717) is 21.6 Å². The molecule has 30 heavy (non-hydrogen) atoms. The number of carbonyl (C=O) groups excluding carboxylic acids is 1. The lowest BCUT2D eigenvalue weighted by atomic mass is 10.1. The number of rotatable bonds is 4. The average molecular weight is 415 g/mol. The van der Waals surface area contributed by atoms with E-state index < -0.39 is 0 Å². The van der Waals surface area contributed by atoms with Crippen molar-refractivity contribution in [2.24, 2.45) is 7.05 Å². The van der Waals surface area contributed by atoms with Crippen molar-refractivity contribution in [2.45, 2.75) is 6.42 Å². The molecular formula is C22H17N5O2S. The van der Waals surface area contributed by atoms with Gasteiger partial charge in [-0.3, -0.25) is 9.59 Å². The molecule has 0 unspecified atom stereocenters. The number of nitrogens with one attached hydrogen (secondary N) is 2. The van der Waals surface area contributed by atoms with Crippen LogP contribution in [0.1, 0.15) is 5.69 Å². The molecule has 148 valence electrons. The van der Waals surface area contributed by atoms with Gasteiger partial charge in [-0.15, -0.1) is 11.3 Å². The molecule has 1 amide bonds. The fraction of sp³-hybridized carbons (Fsp3) is 0.0909. The number of amides is 1. The molecule has 2 aromatic carbocycles. The average Bonchev–Trinajstić information content (AvgIpc) is 3.38. The van der Waals surface area contributed by atoms with Crippen LogP contribution in [-0.4, -0.2) is 25.7 Å². The zero-order valence-corrected chi connectivity index (χ0v) is 16.9. The lowest BCUT2D eigenvalue weighted by molar-refractivity contribution is -0.115. The number of fused-ring (bicyclic) bond motifs is 2. The Kier molecular flexibility index (Phi) is 4.40. The Bertz CT molecular complexity index is 1460. The molecule has 3 aromatic heterocycles. The molecule has 0 saturated heterocycles. The number of aromatic nitrogens is 4. The van der Waals surface area contributed by atoms with E-state index in [4.69, 9.17) is 0 Å². The number of aryl methyl sites for hydroxylation is 1. The minimum Gasteiger partial charge on any atom is -0.360 e. The molecule has 0 saturated carbocycles. The van der Waals surface area contributed by atoms with E-state index in [2.05, 4.69) is 20.4 Å². The van der Waals surface area contributed by atoms with Crippen molar-refractivity contribution < 1.29 is 4.79 Å². The van der Waals surface area contributed by atoms with E-state index in [-0.39, 0.29) is 17.9 Å². The second-order valence-corrected chi connectivity index (χ2v) is 7.79. The van der Waals surface area contributed by atoms with Crippen LogP contribution in [0.15, 0.2) is 64.9 Å². The summed E-state index contributed by atoms with van der Waals surface area (Å²) in [5.74, 6) is -0.230. The van der Waals surface area contributed by atoms with Crippen LogP contribution in [0.5, 0.6) is 0 Å². The molecular weight excluding hydrogens is 398 g/mol. The summed E-state index contributed by atoms with van der Waals surface area (Å²) in [7, 11) is 1.59. The van der Waals surface area contributed by atoms with Crippen molar-refractivity contribution in [1.29, 1.82) is 0 Å². The molecule has 0 fully saturated rings. The zero-order chi connectivity index (χ0) is 20.7. The Hall–Kier alpha value is -3.78. The summed E-state index contributed by atoms with van der Waals surface area (Å²) in [4.78, 5) is 32.7. The van der Waals surface area contributed by atoms with E-state index in [0.717, 1.165) is 22.2 Å². The van der Waals surface area contributed by atoms with Crippen LogP contribution in [0.2, 0.25) is 0 Å². The van der Waals surface area contributed by atoms with Gasteiger partial charge in [-0.25, -0.2) is 9.67 Å². The van der Waals surface area contributed by atoms with Crippen LogP contribution in [0.3, 0.4) is 0 Å². The SMILES string of the molecule is Cn1nc(CC(=O)Nc2nc(-c3c[nH]c4ccccc34)cs2)c2ccccc2c1=O. The van der Waals surface area contributed by atoms with Crippen LogP contribution in [0.25, 0.3) is 32.9 Å². The summed E-state index contributed by atoms with van der Waals surface area (Å²) < 4.78 is 1.27. The van der Waals surface area contributed by atoms with Crippen LogP contribution in [-0.2, 0) is 18.3 Å². The van der Waals surface area contributed by atoms with Crippen molar-refractivity contribution in [1.82, 2.24) is 19.7 Å². The first-order valence-corrected chi connectivity index (χ1v) is 10.2. The quantitative estimate of drug-likeness (QED) is 0.468. The maximum absolute atomic E-state index is 12.7. The van der Waals surface area contributed by atoms with Gasteiger partial charge in [0.2, 0.25) is 5.91 Å². The maximum Gasteiger partial charge on any atom is 0.274 e. The summed E-state index contributed by atoms with van der Waals surface area (Å²) in [6.45, 7) is 0. The molecule has 0 radical (unpaired) electrons. The highest BCUT2D eigenvalue weighted by Gasteiger charge is 2.15. The molecule has 0 atom stereocenters. The summed E-state index contributed by atoms with van der Waals surface area (Å²) in [5.41, 5.74) is 3.21. The lowest BCUT2D eigenvalue weighted by Gasteiger charge is -2.07. The second kappa shape index (κ2) is 7.23. The highest BCUT2D eigenvalue weighted by Crippen LogP contribution is 2.31. The molecule has 5 aromatic rings. The largest absolute Gasteiger partial charge is 0.360 e. The summed E-state index contributed by atoms with van der Waals surface area (Å²) in [5, 5.41) is 11.9. The third-order valence-corrected chi connectivity index (χ3v) is 5.73. The van der Waals surface area contributed by atoms with Crippen LogP contribution < -0.4 is 10.9 Å². The first-order chi connectivity index (χ1) is 14.6. The monoisotopic (exact) mass is 415 g/mol. The molecule has 2 N–H and O–H groups in total. The number of thiazole rings is 1. The first-order valence-electron chi connectivity index (χ1n) is 9.37. The van der Waals surface area contributed by atoms with Crippen LogP contribution >= 0.6 is 11.3 Å². The third-order valence-electron chi connectivity index (χ3n) is 4.98. The minimum absolute atomic E-state index is 0.0522. The van der Waals surface area contributed by atoms with Crippen LogP contribution in [0.4, 0.5) is 5.13 Å². The fourth-order valence-corrected chi connectivity index (χ4v) is 4.29. The topological polar surface area (TPSA) is 92.7 Å². The van der Waals surface area contributed by atoms with Gasteiger partial charge in [0, 0.05) is 40.5 Å². The second-order valence-electron chi connectivity index (χ2n) is 6.93. The number of aromatic amines is 1. The maximum atomic E-state index is 12.7. The predicted octanol–water partition coefficient (Wildman–Crippen LogP) is 3.72. The summed E-state index contributed by atoms with van der Waals surface area (Å²) in [6, 6.07) is 15.2. The van der Waals surface area contributed by atoms with Crippen LogP contribution in [0, 0.1) is 0 Å². The highest BCUT2D eigenvalue weighted by molar-refractivity contribution is 7.14. The molecule has 8 heteroatoms. The number of benzene rings is 2. The van der Waals surface area contributed by atoms with E-state index in [1.165, 1.54) is 16.0 Å². The zero-order valence-electron chi connectivity index (χ0n) is 16.0. The van der Waals surface area contributed by atoms with Crippen molar-refractivity contribution in [3.05, 3.63) is 76.2 Å². The number of hydrogen-bond donors (Lipinski definition) is 2. The molecule has 0 aliphatic heterocycles. The van der Waals surface area contributed by atoms with Crippen molar-refractivity contribution in [3.8, 4) is 11.3 Å². The molecule has 0 aliphatic carbocycles. The Morgan fingerprint density at radius 3 is 2.67 bits per heavy atom. The molecule has 0 bridgehead atoms. The normalized spacial score (nSPS) is 11.2. The Morgan fingerprint density at radius 2 is 1.83 bits per heavy atom. The van der Waals surface area contributed by atoms with Gasteiger partial charge < -0.3 is 10.3 Å². The number of H-pyrrole nitrogens is 1. The first kappa shape index (κ1) is 18.3. The minimum atomic E-state index is -0.230. The predicted molar refractivity (Wildman–Crippen MR) is 119 cm³/mol. The Balaban J connectivity index is 1.39. The fourth-order valence-electron chi connectivity index (χ4n) is 3.56. The van der Waals surface area contributed by atoms with Gasteiger partial charge >= 0.3 is 0 Å². The molecule has 0 aliphatic rings. The van der Waals surface area contributed by atoms with Crippen molar-refractivity contribution in [2.75, 3.05) is 5.32 Å². The molecule has 5 rings (SSSR count). The number of para-hydroxylation sites is 1. The molecule has 7 nitrogen and oxygen atoms in total. The standard InChI is InChI=1S/C22H17N5O2S/c1-27-21(29)15-8-3-2-6-13(15)18(26-27)10-20(28)25-22-24-19(12-30-22)16-11-23-17-9-5-4-7-14(16)17/h2-9,11-12,23H,10H2,1H3,(H,24,25,28). The van der Waals surface area contributed by atoms with Gasteiger partial charge in [-0.1, -0.05) is 36.4 Å². The molecule has 0 spiro atoms. The lowest BCUT2D eigenvalue weighted by Crippen LogP contribution is -2.24. The van der Waals surface area contributed by atoms with Crippen molar-refractivity contribution in [3.63, 3.8) is 0 Å². The van der Waals surface area contributed by atoms with Gasteiger partial charge in [-0.05, 0) is 12.1 Å². The number of anilines is 1. The smallest absolute Gasteiger partial charge is 0.274 e. The van der Waals surface area contributed by atoms with Gasteiger partial charge in [0.25, 0.3) is 5.56 Å². The van der Waals surface area contributed by atoms with Gasteiger partial charge in [0.1, 0.15) is 0 Å². The number of carbonyl (C=O) groups is 1. The Labute approximate surface area is 175 Å². The van der Waals surface area contributed by atoms with Gasteiger partial charge in [0.15, 0.2) is 5.13 Å². The third kappa shape index (κ3) is 3.17. The number of hydrogen-bond acceptors (Lipinski definition) is 5. The van der Waals surface area contributed by atoms with Gasteiger partial charge in [0.05, 0.1) is 23.2 Å². The highest BCUT2D eigenvalue weighted by atomic mass is 32.1. The summed E-state index contributed by atoms with van der Waals surface area (Å²) in [6.07, 6.45) is 1.97. The van der Waals surface area contributed by atoms with Gasteiger partial charge in [-0.2, -0.15) is 5.10 Å². The molecule has 3 heterocycles. The van der Waals surface area contributed by atoms with Crippen molar-refractivity contribution >= 4 is 44.1 Å². The summed E-state index contributed by atoms with van der Waals surface area (Å²) >= 11 is 1.37. The Morgan fingerprint density at radius 1 is 1.10 bits per heavy atom. The van der Waals surface area contributed by atoms with E-state index >= 15 is 0 Å². The van der Waals surface area contributed by atoms with E-state index in [9.17, 15) is 9.59 Å². The number of nitrogens with zero attached hydrogens (tertiary/aromatic N) is 3. The van der Waals surface area contributed by atoms with E-state index in [1.54, 1.807) is 19.2 Å².